The molecule has 5 nitrogen and oxygen atoms in total. The maximum Gasteiger partial charge on any atom is 0.248 e. The number of rotatable bonds is 5. The Labute approximate surface area is 175 Å². The molecule has 0 saturated carbocycles. The maximum absolute atomic E-state index is 12.2. The van der Waals surface area contributed by atoms with Crippen LogP contribution in [-0.2, 0) is 4.79 Å². The van der Waals surface area contributed by atoms with Gasteiger partial charge in [0.15, 0.2) is 0 Å². The Hall–Kier alpha value is -2.70. The number of hydrogen-bond donors (Lipinski definition) is 1. The number of nitrogens with zero attached hydrogens (tertiary/aromatic N) is 3. The van der Waals surface area contributed by atoms with Crippen LogP contribution in [0.3, 0.4) is 0 Å². The van der Waals surface area contributed by atoms with Gasteiger partial charge in [0.25, 0.3) is 0 Å². The second-order valence-corrected chi connectivity index (χ2v) is 8.27. The molecule has 150 valence electrons. The quantitative estimate of drug-likeness (QED) is 0.638. The number of piperazine rings is 1. The number of thiophene rings is 1. The van der Waals surface area contributed by atoms with E-state index in [0.29, 0.717) is 0 Å². The van der Waals surface area contributed by atoms with Crippen LogP contribution in [0.4, 0.5) is 11.5 Å². The number of fused-ring (bicyclic) bond motifs is 1. The number of aryl methyl sites for hydroxylation is 1. The van der Waals surface area contributed by atoms with Crippen molar-refractivity contribution in [1.82, 2.24) is 9.88 Å². The number of carbonyl (C=O) groups is 1. The van der Waals surface area contributed by atoms with Gasteiger partial charge in [0.05, 0.1) is 5.52 Å². The summed E-state index contributed by atoms with van der Waals surface area (Å²) in [7, 11) is 0. The van der Waals surface area contributed by atoms with E-state index in [1.165, 1.54) is 5.56 Å². The number of amides is 1. The molecule has 1 aromatic carbocycles. The van der Waals surface area contributed by atoms with E-state index >= 15 is 0 Å². The number of carbonyl (C=O) groups excluding carboxylic acids is 1. The Morgan fingerprint density at radius 3 is 2.76 bits per heavy atom. The second-order valence-electron chi connectivity index (χ2n) is 7.29. The summed E-state index contributed by atoms with van der Waals surface area (Å²) in [6.45, 7) is 9.61. The van der Waals surface area contributed by atoms with Gasteiger partial charge in [0, 0.05) is 48.2 Å². The molecule has 0 bridgehead atoms. The first kappa shape index (κ1) is 19.6. The van der Waals surface area contributed by atoms with Crippen molar-refractivity contribution < 1.29 is 4.79 Å². The largest absolute Gasteiger partial charge is 0.354 e. The van der Waals surface area contributed by atoms with Gasteiger partial charge >= 0.3 is 0 Å². The van der Waals surface area contributed by atoms with E-state index in [1.54, 1.807) is 17.4 Å². The fourth-order valence-electron chi connectivity index (χ4n) is 3.64. The smallest absolute Gasteiger partial charge is 0.248 e. The van der Waals surface area contributed by atoms with Crippen LogP contribution in [0.15, 0.2) is 47.9 Å². The van der Waals surface area contributed by atoms with E-state index in [9.17, 15) is 4.79 Å². The predicted molar refractivity (Wildman–Crippen MR) is 123 cm³/mol. The third-order valence-corrected chi connectivity index (χ3v) is 6.19. The van der Waals surface area contributed by atoms with Crippen molar-refractivity contribution in [3.8, 4) is 0 Å². The summed E-state index contributed by atoms with van der Waals surface area (Å²) in [6.07, 6.45) is 3.40. The van der Waals surface area contributed by atoms with Crippen LogP contribution in [0.25, 0.3) is 17.0 Å². The average molecular weight is 407 g/mol. The third kappa shape index (κ3) is 4.66. The molecule has 2 aromatic heterocycles. The van der Waals surface area contributed by atoms with Crippen LogP contribution >= 0.6 is 11.3 Å². The number of nitrogens with one attached hydrogen (secondary N) is 1. The number of anilines is 2. The van der Waals surface area contributed by atoms with E-state index in [-0.39, 0.29) is 5.91 Å². The van der Waals surface area contributed by atoms with Crippen LogP contribution in [-0.4, -0.2) is 48.5 Å². The van der Waals surface area contributed by atoms with E-state index in [1.807, 2.05) is 41.8 Å². The molecule has 3 aromatic rings. The zero-order chi connectivity index (χ0) is 20.2. The Balaban J connectivity index is 1.49. The number of aromatic nitrogens is 1. The number of hydrogen-bond acceptors (Lipinski definition) is 5. The van der Waals surface area contributed by atoms with Crippen molar-refractivity contribution in [2.24, 2.45) is 0 Å². The monoisotopic (exact) mass is 406 g/mol. The van der Waals surface area contributed by atoms with Gasteiger partial charge in [-0.25, -0.2) is 4.98 Å². The third-order valence-electron chi connectivity index (χ3n) is 5.36. The Morgan fingerprint density at radius 1 is 1.21 bits per heavy atom. The number of benzene rings is 1. The molecule has 4 rings (SSSR count). The van der Waals surface area contributed by atoms with Gasteiger partial charge in [-0.05, 0) is 60.8 Å². The molecule has 1 aliphatic rings. The van der Waals surface area contributed by atoms with Gasteiger partial charge in [-0.3, -0.25) is 4.79 Å². The summed E-state index contributed by atoms with van der Waals surface area (Å²) in [5.74, 6) is 0.912. The van der Waals surface area contributed by atoms with Crippen molar-refractivity contribution in [3.63, 3.8) is 0 Å². The van der Waals surface area contributed by atoms with Gasteiger partial charge in [0.1, 0.15) is 5.82 Å². The van der Waals surface area contributed by atoms with Crippen molar-refractivity contribution in [1.29, 1.82) is 0 Å². The van der Waals surface area contributed by atoms with Crippen molar-refractivity contribution in [2.75, 3.05) is 42.9 Å². The van der Waals surface area contributed by atoms with E-state index in [4.69, 9.17) is 4.98 Å². The van der Waals surface area contributed by atoms with Crippen LogP contribution in [0, 0.1) is 6.92 Å². The number of pyridine rings is 1. The van der Waals surface area contributed by atoms with E-state index in [2.05, 4.69) is 35.0 Å². The zero-order valence-electron chi connectivity index (χ0n) is 16.9. The van der Waals surface area contributed by atoms with Crippen molar-refractivity contribution in [3.05, 3.63) is 58.3 Å². The highest BCUT2D eigenvalue weighted by molar-refractivity contribution is 7.10. The summed E-state index contributed by atoms with van der Waals surface area (Å²) >= 11 is 1.61. The van der Waals surface area contributed by atoms with Crippen LogP contribution in [0.2, 0.25) is 0 Å². The molecule has 0 radical (unpaired) electrons. The predicted octanol–water partition coefficient (Wildman–Crippen LogP) is 4.40. The minimum Gasteiger partial charge on any atom is -0.354 e. The first-order chi connectivity index (χ1) is 14.1. The molecule has 1 amide bonds. The summed E-state index contributed by atoms with van der Waals surface area (Å²) < 4.78 is 0. The van der Waals surface area contributed by atoms with E-state index in [0.717, 1.165) is 60.0 Å². The topological polar surface area (TPSA) is 48.5 Å². The average Bonchev–Trinajstić information content (AvgIpc) is 3.26. The van der Waals surface area contributed by atoms with Gasteiger partial charge < -0.3 is 15.1 Å². The van der Waals surface area contributed by atoms with Crippen LogP contribution in [0.1, 0.15) is 17.4 Å². The normalized spacial score (nSPS) is 15.3. The second kappa shape index (κ2) is 8.76. The molecule has 0 atom stereocenters. The highest BCUT2D eigenvalue weighted by atomic mass is 32.1. The molecule has 3 heterocycles. The van der Waals surface area contributed by atoms with Gasteiger partial charge in [0.2, 0.25) is 5.91 Å². The first-order valence-corrected chi connectivity index (χ1v) is 10.9. The summed E-state index contributed by atoms with van der Waals surface area (Å²) in [6, 6.07) is 12.0. The molecule has 0 aliphatic carbocycles. The highest BCUT2D eigenvalue weighted by Gasteiger charge is 2.17. The summed E-state index contributed by atoms with van der Waals surface area (Å²) in [5.41, 5.74) is 2.92. The van der Waals surface area contributed by atoms with Crippen LogP contribution < -0.4 is 10.2 Å². The molecule has 0 unspecified atom stereocenters. The van der Waals surface area contributed by atoms with Crippen molar-refractivity contribution in [2.45, 2.75) is 13.8 Å². The Kier molecular flexibility index (Phi) is 5.92. The highest BCUT2D eigenvalue weighted by Crippen LogP contribution is 2.26. The molecule has 1 fully saturated rings. The lowest BCUT2D eigenvalue weighted by Gasteiger charge is -2.35. The number of likely N-dealkylation sites (N-methyl/N-ethyl adjacent to an activating group) is 1. The molecule has 6 heteroatoms. The minimum atomic E-state index is -0.131. The maximum atomic E-state index is 12.2. The summed E-state index contributed by atoms with van der Waals surface area (Å²) in [4.78, 5) is 23.0. The lowest BCUT2D eigenvalue weighted by molar-refractivity contribution is -0.111. The molecular formula is C23H26N4OS. The van der Waals surface area contributed by atoms with Gasteiger partial charge in [-0.1, -0.05) is 13.0 Å². The van der Waals surface area contributed by atoms with Crippen LogP contribution in [0.5, 0.6) is 0 Å². The molecule has 29 heavy (non-hydrogen) atoms. The van der Waals surface area contributed by atoms with Gasteiger partial charge in [-0.15, -0.1) is 11.3 Å². The first-order valence-electron chi connectivity index (χ1n) is 10.0. The Bertz CT molecular complexity index is 1020. The fraction of sp³-hybridized carbons (Fsp3) is 0.304. The van der Waals surface area contributed by atoms with Gasteiger partial charge in [-0.2, -0.15) is 0 Å². The standard InChI is InChI=1S/C23H26N4OS/c1-3-26-10-12-27(13-11-26)22-15-17(2)20-16-18(6-8-21(20)25-22)24-23(28)9-7-19-5-4-14-29-19/h4-9,14-16H,3,10-13H2,1-2H3,(H,24,28)/b9-7+. The minimum absolute atomic E-state index is 0.131. The molecular weight excluding hydrogens is 380 g/mol. The molecule has 1 aliphatic heterocycles. The molecule has 1 N–H and O–H groups in total. The summed E-state index contributed by atoms with van der Waals surface area (Å²) in [5, 5.41) is 6.01. The van der Waals surface area contributed by atoms with E-state index < -0.39 is 0 Å². The molecule has 0 spiro atoms. The van der Waals surface area contributed by atoms with Crippen molar-refractivity contribution >= 4 is 45.7 Å². The molecule has 1 saturated heterocycles. The lowest BCUT2D eigenvalue weighted by atomic mass is 10.1. The fourth-order valence-corrected chi connectivity index (χ4v) is 4.26. The lowest BCUT2D eigenvalue weighted by Crippen LogP contribution is -2.46. The zero-order valence-corrected chi connectivity index (χ0v) is 17.7. The SMILES string of the molecule is CCN1CCN(c2cc(C)c3cc(NC(=O)/C=C/c4cccs4)ccc3n2)CC1. The Morgan fingerprint density at radius 2 is 2.03 bits per heavy atom.